The molecule has 0 spiro atoms. The largest absolute Gasteiger partial charge is 0.479 e. The van der Waals surface area contributed by atoms with Crippen LogP contribution < -0.4 is 26.0 Å². The third-order valence-corrected chi connectivity index (χ3v) is 6.46. The molecule has 4 amide bonds. The van der Waals surface area contributed by atoms with Crippen LogP contribution in [-0.2, 0) is 24.0 Å². The number of nitrogens with one attached hydrogen (secondary N) is 4. The Morgan fingerprint density at radius 1 is 0.930 bits per heavy atom. The number of carbonyl (C=O) groups excluding carboxylic acids is 5. The molecule has 1 aliphatic rings. The van der Waals surface area contributed by atoms with Gasteiger partial charge in [0.15, 0.2) is 23.2 Å². The summed E-state index contributed by atoms with van der Waals surface area (Å²) >= 11 is 0. The van der Waals surface area contributed by atoms with Crippen LogP contribution in [0.4, 0.5) is 27.6 Å². The first-order valence-electron chi connectivity index (χ1n) is 13.2. The Balaban J connectivity index is 1.75. The van der Waals surface area contributed by atoms with Crippen molar-refractivity contribution in [3.05, 3.63) is 59.4 Å². The number of halogens is 5. The Morgan fingerprint density at radius 2 is 1.56 bits per heavy atom. The molecule has 0 bridgehead atoms. The van der Waals surface area contributed by atoms with E-state index < -0.39 is 88.9 Å². The summed E-state index contributed by atoms with van der Waals surface area (Å²) in [7, 11) is 0. The molecule has 4 N–H and O–H groups in total. The SMILES string of the molecule is CC(C)CC(NC(=O)C(=O)Nc1ccc(F)cc1)C(=O)NC(C[C@@H]1CCNC1=O)C(=O)COc1c(F)c(F)cc(F)c1F. The highest BCUT2D eigenvalue weighted by Crippen LogP contribution is 2.27. The van der Waals surface area contributed by atoms with Gasteiger partial charge in [0.25, 0.3) is 0 Å². The lowest BCUT2D eigenvalue weighted by Gasteiger charge is -2.25. The molecule has 1 fully saturated rings. The second-order valence-corrected chi connectivity index (χ2v) is 10.2. The Kier molecular flexibility index (Phi) is 11.2. The molecule has 0 radical (unpaired) electrons. The summed E-state index contributed by atoms with van der Waals surface area (Å²) in [5.41, 5.74) is 0.109. The van der Waals surface area contributed by atoms with Crippen LogP contribution in [0.5, 0.6) is 5.75 Å². The second-order valence-electron chi connectivity index (χ2n) is 10.2. The molecule has 0 aromatic heterocycles. The maximum absolute atomic E-state index is 14.0. The third-order valence-electron chi connectivity index (χ3n) is 6.46. The van der Waals surface area contributed by atoms with Crippen LogP contribution >= 0.6 is 0 Å². The highest BCUT2D eigenvalue weighted by Gasteiger charge is 2.34. The van der Waals surface area contributed by atoms with E-state index in [1.165, 1.54) is 12.1 Å². The Labute approximate surface area is 242 Å². The maximum Gasteiger partial charge on any atom is 0.313 e. The molecular formula is C28H29F5N4O6. The van der Waals surface area contributed by atoms with E-state index >= 15 is 0 Å². The molecule has 43 heavy (non-hydrogen) atoms. The van der Waals surface area contributed by atoms with E-state index in [2.05, 4.69) is 21.3 Å². The molecule has 10 nitrogen and oxygen atoms in total. The minimum Gasteiger partial charge on any atom is -0.479 e. The van der Waals surface area contributed by atoms with Crippen LogP contribution in [0.2, 0.25) is 0 Å². The van der Waals surface area contributed by atoms with Gasteiger partial charge in [-0.05, 0) is 49.4 Å². The van der Waals surface area contributed by atoms with Gasteiger partial charge < -0.3 is 26.0 Å². The lowest BCUT2D eigenvalue weighted by molar-refractivity contribution is -0.138. The molecule has 2 aromatic carbocycles. The predicted molar refractivity (Wildman–Crippen MR) is 141 cm³/mol. The van der Waals surface area contributed by atoms with E-state index in [0.717, 1.165) is 12.1 Å². The molecule has 0 aliphatic carbocycles. The van der Waals surface area contributed by atoms with Crippen molar-refractivity contribution in [2.75, 3.05) is 18.5 Å². The monoisotopic (exact) mass is 612 g/mol. The van der Waals surface area contributed by atoms with E-state index in [9.17, 15) is 45.9 Å². The van der Waals surface area contributed by atoms with Crippen LogP contribution in [0.1, 0.15) is 33.1 Å². The molecule has 2 unspecified atom stereocenters. The van der Waals surface area contributed by atoms with Crippen molar-refractivity contribution in [1.82, 2.24) is 16.0 Å². The van der Waals surface area contributed by atoms with Crippen LogP contribution in [-0.4, -0.2) is 54.6 Å². The number of benzene rings is 2. The van der Waals surface area contributed by atoms with Crippen LogP contribution in [0.25, 0.3) is 0 Å². The first-order chi connectivity index (χ1) is 20.3. The number of anilines is 1. The summed E-state index contributed by atoms with van der Waals surface area (Å²) < 4.78 is 73.0. The van der Waals surface area contributed by atoms with Gasteiger partial charge in [0.2, 0.25) is 23.4 Å². The van der Waals surface area contributed by atoms with Crippen LogP contribution in [0, 0.1) is 40.9 Å². The average molecular weight is 613 g/mol. The van der Waals surface area contributed by atoms with Gasteiger partial charge in [-0.3, -0.25) is 24.0 Å². The van der Waals surface area contributed by atoms with Crippen LogP contribution in [0.15, 0.2) is 30.3 Å². The lowest BCUT2D eigenvalue weighted by Crippen LogP contribution is -2.54. The van der Waals surface area contributed by atoms with Crippen molar-refractivity contribution in [3.63, 3.8) is 0 Å². The molecule has 1 heterocycles. The number of ketones is 1. The maximum atomic E-state index is 14.0. The van der Waals surface area contributed by atoms with E-state index in [4.69, 9.17) is 4.74 Å². The summed E-state index contributed by atoms with van der Waals surface area (Å²) in [5, 5.41) is 9.47. The van der Waals surface area contributed by atoms with Gasteiger partial charge in [0.1, 0.15) is 18.5 Å². The van der Waals surface area contributed by atoms with Crippen molar-refractivity contribution < 1.29 is 50.7 Å². The molecule has 1 aliphatic heterocycles. The minimum atomic E-state index is -1.87. The van der Waals surface area contributed by atoms with Crippen molar-refractivity contribution in [2.45, 2.75) is 45.2 Å². The number of ether oxygens (including phenoxy) is 1. The summed E-state index contributed by atoms with van der Waals surface area (Å²) in [4.78, 5) is 63.4. The van der Waals surface area contributed by atoms with Gasteiger partial charge >= 0.3 is 11.8 Å². The van der Waals surface area contributed by atoms with Crippen molar-refractivity contribution in [2.24, 2.45) is 11.8 Å². The lowest BCUT2D eigenvalue weighted by atomic mass is 9.95. The van der Waals surface area contributed by atoms with Gasteiger partial charge in [-0.15, -0.1) is 0 Å². The molecule has 15 heteroatoms. The molecular weight excluding hydrogens is 583 g/mol. The first-order valence-corrected chi connectivity index (χ1v) is 13.2. The van der Waals surface area contributed by atoms with Gasteiger partial charge in [-0.1, -0.05) is 13.8 Å². The zero-order valence-electron chi connectivity index (χ0n) is 23.1. The van der Waals surface area contributed by atoms with Gasteiger partial charge in [0.05, 0.1) is 6.04 Å². The molecule has 1 saturated heterocycles. The topological polar surface area (TPSA) is 143 Å². The molecule has 3 rings (SSSR count). The smallest absolute Gasteiger partial charge is 0.313 e. The molecule has 2 aromatic rings. The predicted octanol–water partition coefficient (Wildman–Crippen LogP) is 2.51. The first kappa shape index (κ1) is 32.9. The molecule has 3 atom stereocenters. The number of rotatable bonds is 12. The van der Waals surface area contributed by atoms with Crippen LogP contribution in [0.3, 0.4) is 0 Å². The van der Waals surface area contributed by atoms with Crippen molar-refractivity contribution in [1.29, 1.82) is 0 Å². The number of Topliss-reactive ketones (excluding diaryl/α,β-unsaturated/α-hetero) is 1. The number of carbonyl (C=O) groups is 5. The molecule has 232 valence electrons. The Hall–Kier alpha value is -4.56. The highest BCUT2D eigenvalue weighted by molar-refractivity contribution is 6.40. The average Bonchev–Trinajstić information content (AvgIpc) is 3.35. The third kappa shape index (κ3) is 8.96. The number of amides is 4. The van der Waals surface area contributed by atoms with Gasteiger partial charge in [-0.2, -0.15) is 8.78 Å². The van der Waals surface area contributed by atoms with Gasteiger partial charge in [-0.25, -0.2) is 13.2 Å². The number of hydrogen-bond acceptors (Lipinski definition) is 6. The minimum absolute atomic E-state index is 0.00170. The van der Waals surface area contributed by atoms with E-state index in [1.54, 1.807) is 13.8 Å². The van der Waals surface area contributed by atoms with E-state index in [1.807, 2.05) is 0 Å². The van der Waals surface area contributed by atoms with Gasteiger partial charge in [0, 0.05) is 24.2 Å². The van der Waals surface area contributed by atoms with E-state index in [-0.39, 0.29) is 30.5 Å². The zero-order chi connectivity index (χ0) is 31.8. The van der Waals surface area contributed by atoms with Crippen molar-refractivity contribution >= 4 is 35.1 Å². The Bertz CT molecular complexity index is 1360. The fraction of sp³-hybridized carbons (Fsp3) is 0.393. The van der Waals surface area contributed by atoms with E-state index in [0.29, 0.717) is 13.0 Å². The normalized spacial score (nSPS) is 15.8. The quantitative estimate of drug-likeness (QED) is 0.165. The summed E-state index contributed by atoms with van der Waals surface area (Å²) in [6.07, 6.45) is 0.0325. The molecule has 0 saturated carbocycles. The highest BCUT2D eigenvalue weighted by atomic mass is 19.2. The standard InChI is InChI=1S/C28H29F5N4O6/c1-13(2)9-20(37-28(42)27(41)35-16-5-3-15(29)4-6-16)26(40)36-19(10-14-7-8-34-25(14)39)21(38)12-43-24-22(32)17(30)11-18(31)23(24)33/h3-6,11,13-14,19-20H,7-10,12H2,1-2H3,(H,34,39)(H,35,41)(H,36,40)(H,37,42)/t14-,19?,20?/m0/s1. The zero-order valence-corrected chi connectivity index (χ0v) is 23.1. The fourth-order valence-corrected chi connectivity index (χ4v) is 4.27. The van der Waals surface area contributed by atoms with Crippen molar-refractivity contribution in [3.8, 4) is 5.75 Å². The number of hydrogen-bond donors (Lipinski definition) is 4. The summed E-state index contributed by atoms with van der Waals surface area (Å²) in [6.45, 7) is 2.58. The summed E-state index contributed by atoms with van der Waals surface area (Å²) in [6, 6.07) is 1.66. The Morgan fingerprint density at radius 3 is 2.12 bits per heavy atom. The summed E-state index contributed by atoms with van der Waals surface area (Å²) in [5.74, 6) is -15.0. The second kappa shape index (κ2) is 14.6. The fourth-order valence-electron chi connectivity index (χ4n) is 4.27.